The van der Waals surface area contributed by atoms with E-state index in [1.54, 1.807) is 12.3 Å². The fraction of sp³-hybridized carbons (Fsp3) is 0.296. The summed E-state index contributed by atoms with van der Waals surface area (Å²) < 4.78 is 25.1. The van der Waals surface area contributed by atoms with Crippen molar-refractivity contribution in [3.8, 4) is 17.2 Å². The molecule has 0 amide bonds. The zero-order chi connectivity index (χ0) is 23.1. The Balaban J connectivity index is 1.28. The van der Waals surface area contributed by atoms with E-state index in [1.165, 1.54) is 36.5 Å². The smallest absolute Gasteiger partial charge is 0.313 e. The summed E-state index contributed by atoms with van der Waals surface area (Å²) >= 11 is 0. The molecule has 34 heavy (non-hydrogen) atoms. The summed E-state index contributed by atoms with van der Waals surface area (Å²) in [6.07, 6.45) is 6.53. The summed E-state index contributed by atoms with van der Waals surface area (Å²) in [6.45, 7) is 0.101. The zero-order valence-electron chi connectivity index (χ0n) is 18.7. The Morgan fingerprint density at radius 1 is 1.00 bits per heavy atom. The van der Waals surface area contributed by atoms with Crippen LogP contribution in [-0.2, 0) is 12.0 Å². The fourth-order valence-electron chi connectivity index (χ4n) is 5.99. The molecule has 0 spiro atoms. The number of rotatable bonds is 6. The summed E-state index contributed by atoms with van der Waals surface area (Å²) in [5, 5.41) is 7.76. The maximum absolute atomic E-state index is 13.9. The van der Waals surface area contributed by atoms with E-state index in [-0.39, 0.29) is 23.9 Å². The molecule has 2 saturated carbocycles. The van der Waals surface area contributed by atoms with Crippen molar-refractivity contribution in [1.29, 1.82) is 0 Å². The number of hydrogen-bond acceptors (Lipinski definition) is 6. The quantitative estimate of drug-likeness (QED) is 0.410. The molecular weight excluding hydrogens is 431 g/mol. The van der Waals surface area contributed by atoms with Crippen LogP contribution in [0.5, 0.6) is 5.75 Å². The molecule has 2 bridgehead atoms. The topological polar surface area (TPSA) is 87.1 Å². The molecule has 2 aromatic carbocycles. The van der Waals surface area contributed by atoms with Gasteiger partial charge in [0.05, 0.1) is 0 Å². The minimum Gasteiger partial charge on any atom is -0.487 e. The molecule has 2 aliphatic carbocycles. The van der Waals surface area contributed by atoms with Crippen LogP contribution in [0.25, 0.3) is 11.5 Å². The molecule has 3 atom stereocenters. The van der Waals surface area contributed by atoms with Crippen LogP contribution >= 0.6 is 0 Å². The predicted octanol–water partition coefficient (Wildman–Crippen LogP) is 5.54. The second-order valence-corrected chi connectivity index (χ2v) is 9.32. The van der Waals surface area contributed by atoms with Crippen LogP contribution in [0.3, 0.4) is 0 Å². The van der Waals surface area contributed by atoms with Gasteiger partial charge in [0.25, 0.3) is 0 Å². The van der Waals surface area contributed by atoms with Crippen molar-refractivity contribution < 1.29 is 13.5 Å². The minimum atomic E-state index is -0.355. The molecule has 172 valence electrons. The van der Waals surface area contributed by atoms with Gasteiger partial charge in [-0.25, -0.2) is 4.39 Å². The first kappa shape index (κ1) is 20.8. The van der Waals surface area contributed by atoms with E-state index in [0.717, 1.165) is 17.9 Å². The summed E-state index contributed by atoms with van der Waals surface area (Å²) in [5.74, 6) is 2.14. The van der Waals surface area contributed by atoms with Crippen molar-refractivity contribution in [2.24, 2.45) is 11.8 Å². The molecule has 6 rings (SSSR count). The Labute approximate surface area is 197 Å². The van der Waals surface area contributed by atoms with Crippen molar-refractivity contribution in [3.63, 3.8) is 0 Å². The maximum atomic E-state index is 13.9. The van der Waals surface area contributed by atoms with Gasteiger partial charge in [-0.3, -0.25) is 4.98 Å². The molecule has 7 heteroatoms. The summed E-state index contributed by atoms with van der Waals surface area (Å²) in [6, 6.07) is 19.8. The molecule has 6 nitrogen and oxygen atoms in total. The van der Waals surface area contributed by atoms with E-state index in [9.17, 15) is 4.39 Å². The van der Waals surface area contributed by atoms with Crippen molar-refractivity contribution in [1.82, 2.24) is 15.2 Å². The van der Waals surface area contributed by atoms with E-state index in [4.69, 9.17) is 14.9 Å². The number of nitrogens with zero attached hydrogens (tertiary/aromatic N) is 3. The van der Waals surface area contributed by atoms with Gasteiger partial charge in [0, 0.05) is 17.2 Å². The summed E-state index contributed by atoms with van der Waals surface area (Å²) in [7, 11) is 0. The third kappa shape index (κ3) is 3.52. The zero-order valence-corrected chi connectivity index (χ0v) is 18.7. The molecule has 4 aromatic rings. The predicted molar refractivity (Wildman–Crippen MR) is 125 cm³/mol. The van der Waals surface area contributed by atoms with Crippen molar-refractivity contribution in [2.75, 3.05) is 5.73 Å². The van der Waals surface area contributed by atoms with Gasteiger partial charge in [0.15, 0.2) is 0 Å². The first-order valence-corrected chi connectivity index (χ1v) is 11.6. The van der Waals surface area contributed by atoms with Crippen LogP contribution in [0.15, 0.2) is 71.3 Å². The van der Waals surface area contributed by atoms with Gasteiger partial charge in [-0.15, -0.1) is 5.10 Å². The first-order valence-electron chi connectivity index (χ1n) is 11.6. The maximum Gasteiger partial charge on any atom is 0.313 e. The third-order valence-electron chi connectivity index (χ3n) is 7.52. The van der Waals surface area contributed by atoms with Crippen LogP contribution < -0.4 is 10.5 Å². The second kappa shape index (κ2) is 8.24. The molecule has 0 unspecified atom stereocenters. The molecule has 0 radical (unpaired) electrons. The number of nitrogen functional groups attached to an aromatic ring is 1. The molecule has 2 fully saturated rings. The number of pyridine rings is 1. The Hall–Kier alpha value is -3.74. The second-order valence-electron chi connectivity index (χ2n) is 9.32. The number of fused-ring (bicyclic) bond motifs is 2. The van der Waals surface area contributed by atoms with Crippen molar-refractivity contribution >= 4 is 6.01 Å². The minimum absolute atomic E-state index is 0.0268. The van der Waals surface area contributed by atoms with E-state index in [0.29, 0.717) is 23.3 Å². The van der Waals surface area contributed by atoms with Gasteiger partial charge in [0.1, 0.15) is 23.9 Å². The van der Waals surface area contributed by atoms with Crippen LogP contribution in [-0.4, -0.2) is 15.2 Å². The van der Waals surface area contributed by atoms with Gasteiger partial charge in [-0.2, -0.15) is 0 Å². The largest absolute Gasteiger partial charge is 0.487 e. The highest BCUT2D eigenvalue weighted by Gasteiger charge is 2.52. The standard InChI is InChI=1S/C27H25FN4O2/c28-23-2-1-13-30-24(23)16-33-22-11-9-20(10-12-22)27(15-17-3-6-21(27)14-17)19-7-4-18(5-8-19)25-31-32-26(29)34-25/h1-2,4-5,7-13,17,21H,3,6,14-16H2,(H2,29,32)/t17-,21+,27-/m1/s1. The highest BCUT2D eigenvalue weighted by atomic mass is 19.1. The number of aromatic nitrogens is 3. The Morgan fingerprint density at radius 2 is 1.76 bits per heavy atom. The van der Waals surface area contributed by atoms with Crippen molar-refractivity contribution in [2.45, 2.75) is 37.7 Å². The number of ether oxygens (including phenoxy) is 1. The SMILES string of the molecule is Nc1nnc(-c2ccc([C@@]3(c4ccc(OCc5ncccc5F)cc4)C[C@@H]4CC[C@H]3C4)cc2)o1. The lowest BCUT2D eigenvalue weighted by molar-refractivity contribution is 0.292. The summed E-state index contributed by atoms with van der Waals surface area (Å²) in [4.78, 5) is 4.06. The van der Waals surface area contributed by atoms with Crippen molar-refractivity contribution in [3.05, 3.63) is 89.5 Å². The molecule has 2 N–H and O–H groups in total. The van der Waals surface area contributed by atoms with E-state index < -0.39 is 0 Å². The van der Waals surface area contributed by atoms with Crippen LogP contribution in [0.4, 0.5) is 10.4 Å². The van der Waals surface area contributed by atoms with Gasteiger partial charge in [0.2, 0.25) is 5.89 Å². The van der Waals surface area contributed by atoms with E-state index in [1.807, 2.05) is 24.3 Å². The summed E-state index contributed by atoms with van der Waals surface area (Å²) in [5.41, 5.74) is 9.32. The highest BCUT2D eigenvalue weighted by Crippen LogP contribution is 2.60. The molecule has 0 aliphatic heterocycles. The number of nitrogens with two attached hydrogens (primary N) is 1. The third-order valence-corrected chi connectivity index (χ3v) is 7.52. The molecular formula is C27H25FN4O2. The molecule has 2 aliphatic rings. The Bertz CT molecular complexity index is 1300. The number of benzene rings is 2. The normalized spacial score (nSPS) is 23.3. The van der Waals surface area contributed by atoms with Crippen LogP contribution in [0, 0.1) is 17.7 Å². The fourth-order valence-corrected chi connectivity index (χ4v) is 5.99. The Kier molecular flexibility index (Phi) is 5.05. The van der Waals surface area contributed by atoms with Crippen LogP contribution in [0.1, 0.15) is 42.5 Å². The number of anilines is 1. The first-order chi connectivity index (χ1) is 16.6. The van der Waals surface area contributed by atoms with E-state index >= 15 is 0 Å². The van der Waals surface area contributed by atoms with Gasteiger partial charge >= 0.3 is 6.01 Å². The highest BCUT2D eigenvalue weighted by molar-refractivity contribution is 5.56. The number of hydrogen-bond donors (Lipinski definition) is 1. The van der Waals surface area contributed by atoms with E-state index in [2.05, 4.69) is 39.4 Å². The van der Waals surface area contributed by atoms with Crippen LogP contribution in [0.2, 0.25) is 0 Å². The average molecular weight is 457 g/mol. The number of halogens is 1. The van der Waals surface area contributed by atoms with Gasteiger partial charge in [-0.1, -0.05) is 35.8 Å². The lowest BCUT2D eigenvalue weighted by Gasteiger charge is -2.39. The molecule has 2 aromatic heterocycles. The molecule has 2 heterocycles. The van der Waals surface area contributed by atoms with Gasteiger partial charge in [-0.05, 0) is 78.6 Å². The lowest BCUT2D eigenvalue weighted by Crippen LogP contribution is -2.34. The Morgan fingerprint density at radius 3 is 2.38 bits per heavy atom. The average Bonchev–Trinajstić information content (AvgIpc) is 3.61. The molecule has 0 saturated heterocycles. The van der Waals surface area contributed by atoms with Gasteiger partial charge < -0.3 is 14.9 Å². The lowest BCUT2D eigenvalue weighted by atomic mass is 9.64. The monoisotopic (exact) mass is 456 g/mol.